The summed E-state index contributed by atoms with van der Waals surface area (Å²) in [6, 6.07) is 7.99. The van der Waals surface area contributed by atoms with Gasteiger partial charge in [-0.15, -0.1) is 0 Å². The second kappa shape index (κ2) is 6.84. The van der Waals surface area contributed by atoms with E-state index in [-0.39, 0.29) is 23.8 Å². The van der Waals surface area contributed by atoms with Gasteiger partial charge in [0.05, 0.1) is 5.92 Å². The number of amides is 1. The summed E-state index contributed by atoms with van der Waals surface area (Å²) in [7, 11) is 0. The molecule has 126 valence electrons. The van der Waals surface area contributed by atoms with E-state index in [1.807, 2.05) is 24.3 Å². The second-order valence-electron chi connectivity index (χ2n) is 7.91. The molecular weight excluding hydrogens is 306 g/mol. The highest BCUT2D eigenvalue weighted by Crippen LogP contribution is 2.49. The lowest BCUT2D eigenvalue weighted by molar-refractivity contribution is -0.124. The van der Waals surface area contributed by atoms with Gasteiger partial charge >= 0.3 is 0 Å². The van der Waals surface area contributed by atoms with Gasteiger partial charge in [-0.3, -0.25) is 4.79 Å². The van der Waals surface area contributed by atoms with Crippen molar-refractivity contribution in [2.75, 3.05) is 0 Å². The molecule has 0 aromatic heterocycles. The second-order valence-corrected chi connectivity index (χ2v) is 8.35. The van der Waals surface area contributed by atoms with Crippen molar-refractivity contribution < 1.29 is 4.79 Å². The number of fused-ring (bicyclic) bond motifs is 2. The van der Waals surface area contributed by atoms with Crippen LogP contribution < -0.4 is 5.32 Å². The molecule has 5 unspecified atom stereocenters. The van der Waals surface area contributed by atoms with E-state index >= 15 is 0 Å². The number of hydrogen-bond donors (Lipinski definition) is 1. The minimum absolute atomic E-state index is 0.103. The first-order valence-electron chi connectivity index (χ1n) is 9.01. The first-order valence-corrected chi connectivity index (χ1v) is 9.39. The van der Waals surface area contributed by atoms with E-state index in [9.17, 15) is 4.79 Å². The van der Waals surface area contributed by atoms with Crippen molar-refractivity contribution in [3.63, 3.8) is 0 Å². The minimum atomic E-state index is -0.103. The summed E-state index contributed by atoms with van der Waals surface area (Å²) in [5.74, 6) is 2.76. The van der Waals surface area contributed by atoms with Crippen LogP contribution in [0.3, 0.4) is 0 Å². The number of nitrogens with one attached hydrogen (secondary N) is 1. The maximum absolute atomic E-state index is 12.9. The van der Waals surface area contributed by atoms with E-state index in [1.54, 1.807) is 0 Å². The molecule has 5 atom stereocenters. The van der Waals surface area contributed by atoms with E-state index < -0.39 is 0 Å². The van der Waals surface area contributed by atoms with Crippen molar-refractivity contribution in [2.45, 2.75) is 58.4 Å². The molecule has 2 aliphatic carbocycles. The molecule has 2 aliphatic rings. The smallest absolute Gasteiger partial charge is 0.228 e. The summed E-state index contributed by atoms with van der Waals surface area (Å²) in [6.07, 6.45) is 5.45. The molecule has 2 saturated carbocycles. The number of hydrogen-bond acceptors (Lipinski definition) is 1. The van der Waals surface area contributed by atoms with Crippen LogP contribution in [0, 0.1) is 23.7 Å². The molecule has 1 N–H and O–H groups in total. The fourth-order valence-electron chi connectivity index (χ4n) is 4.84. The lowest BCUT2D eigenvalue weighted by atomic mass is 9.83. The summed E-state index contributed by atoms with van der Waals surface area (Å²) in [5, 5.41) is 4.04. The molecule has 0 heterocycles. The van der Waals surface area contributed by atoms with Gasteiger partial charge in [-0.1, -0.05) is 44.0 Å². The van der Waals surface area contributed by atoms with E-state index in [0.29, 0.717) is 10.9 Å². The highest BCUT2D eigenvalue weighted by atomic mass is 35.5. The number of halogens is 1. The number of benzene rings is 1. The molecule has 3 rings (SSSR count). The molecule has 23 heavy (non-hydrogen) atoms. The Hall–Kier alpha value is -1.02. The molecule has 0 radical (unpaired) electrons. The molecule has 2 nitrogen and oxygen atoms in total. The van der Waals surface area contributed by atoms with Gasteiger partial charge in [0.25, 0.3) is 0 Å². The molecule has 1 aromatic carbocycles. The molecule has 0 saturated heterocycles. The maximum atomic E-state index is 12.9. The lowest BCUT2D eigenvalue weighted by Crippen LogP contribution is -2.43. The van der Waals surface area contributed by atoms with Gasteiger partial charge < -0.3 is 5.32 Å². The van der Waals surface area contributed by atoms with Crippen LogP contribution in [-0.4, -0.2) is 11.9 Å². The zero-order valence-corrected chi connectivity index (χ0v) is 15.1. The maximum Gasteiger partial charge on any atom is 0.228 e. The van der Waals surface area contributed by atoms with E-state index in [1.165, 1.54) is 25.7 Å². The first kappa shape index (κ1) is 16.8. The molecule has 3 heteroatoms. The van der Waals surface area contributed by atoms with E-state index in [2.05, 4.69) is 26.1 Å². The Morgan fingerprint density at radius 1 is 1.13 bits per heavy atom. The van der Waals surface area contributed by atoms with Crippen molar-refractivity contribution in [3.05, 3.63) is 34.9 Å². The summed E-state index contributed by atoms with van der Waals surface area (Å²) in [5.41, 5.74) is 1.06. The Morgan fingerprint density at radius 2 is 1.83 bits per heavy atom. The first-order chi connectivity index (χ1) is 11.0. The molecule has 1 amide bonds. The van der Waals surface area contributed by atoms with Crippen LogP contribution in [0.1, 0.15) is 57.9 Å². The largest absolute Gasteiger partial charge is 0.353 e. The van der Waals surface area contributed by atoms with E-state index in [4.69, 9.17) is 11.6 Å². The quantitative estimate of drug-likeness (QED) is 0.805. The van der Waals surface area contributed by atoms with Gasteiger partial charge in [-0.2, -0.15) is 0 Å². The topological polar surface area (TPSA) is 29.1 Å². The standard InChI is InChI=1S/C20H28ClNO/c1-12(2)19(15-6-8-17(21)9-7-15)20(23)22-13(3)18-11-14-4-5-16(18)10-14/h6-9,12-14,16,18-19H,4-5,10-11H2,1-3H3,(H,22,23). The molecule has 2 bridgehead atoms. The monoisotopic (exact) mass is 333 g/mol. The van der Waals surface area contributed by atoms with Gasteiger partial charge in [0.1, 0.15) is 0 Å². The summed E-state index contributed by atoms with van der Waals surface area (Å²) < 4.78 is 0. The van der Waals surface area contributed by atoms with Gasteiger partial charge in [0.15, 0.2) is 0 Å². The Morgan fingerprint density at radius 3 is 2.35 bits per heavy atom. The Bertz CT molecular complexity index is 553. The van der Waals surface area contributed by atoms with Crippen molar-refractivity contribution in [2.24, 2.45) is 23.7 Å². The number of carbonyl (C=O) groups is 1. The van der Waals surface area contributed by atoms with Gasteiger partial charge in [-0.25, -0.2) is 0 Å². The molecule has 0 aliphatic heterocycles. The number of carbonyl (C=O) groups excluding carboxylic acids is 1. The molecule has 1 aromatic rings. The van der Waals surface area contributed by atoms with Crippen molar-refractivity contribution in [1.82, 2.24) is 5.32 Å². The van der Waals surface area contributed by atoms with Crippen LogP contribution in [0.25, 0.3) is 0 Å². The van der Waals surface area contributed by atoms with Crippen LogP contribution in [0.15, 0.2) is 24.3 Å². The average molecular weight is 334 g/mol. The van der Waals surface area contributed by atoms with Crippen LogP contribution in [-0.2, 0) is 4.79 Å². The number of rotatable bonds is 5. The van der Waals surface area contributed by atoms with Crippen molar-refractivity contribution >= 4 is 17.5 Å². The van der Waals surface area contributed by atoms with Crippen LogP contribution in [0.2, 0.25) is 5.02 Å². The highest BCUT2D eigenvalue weighted by Gasteiger charge is 2.42. The molecule has 2 fully saturated rings. The van der Waals surface area contributed by atoms with Crippen molar-refractivity contribution in [3.8, 4) is 0 Å². The zero-order valence-electron chi connectivity index (χ0n) is 14.4. The van der Waals surface area contributed by atoms with Crippen LogP contribution >= 0.6 is 11.6 Å². The predicted octanol–water partition coefficient (Wildman–Crippen LogP) is 5.02. The summed E-state index contributed by atoms with van der Waals surface area (Å²) in [6.45, 7) is 6.42. The molecule has 0 spiro atoms. The third-order valence-corrected chi connectivity index (χ3v) is 6.24. The third-order valence-electron chi connectivity index (χ3n) is 5.98. The normalized spacial score (nSPS) is 28.8. The fraction of sp³-hybridized carbons (Fsp3) is 0.650. The third kappa shape index (κ3) is 3.57. The SMILES string of the molecule is CC(C)C(C(=O)NC(C)C1CC2CCC1C2)c1ccc(Cl)cc1. The van der Waals surface area contributed by atoms with Gasteiger partial charge in [-0.05, 0) is 67.6 Å². The Labute approximate surface area is 145 Å². The fourth-order valence-corrected chi connectivity index (χ4v) is 4.96. The average Bonchev–Trinajstić information content (AvgIpc) is 3.12. The van der Waals surface area contributed by atoms with Crippen LogP contribution in [0.4, 0.5) is 0 Å². The minimum Gasteiger partial charge on any atom is -0.353 e. The van der Waals surface area contributed by atoms with Gasteiger partial charge in [0.2, 0.25) is 5.91 Å². The van der Waals surface area contributed by atoms with Gasteiger partial charge in [0, 0.05) is 11.1 Å². The summed E-state index contributed by atoms with van der Waals surface area (Å²) >= 11 is 5.98. The van der Waals surface area contributed by atoms with Crippen molar-refractivity contribution in [1.29, 1.82) is 0 Å². The predicted molar refractivity (Wildman–Crippen MR) is 95.6 cm³/mol. The Balaban J connectivity index is 1.68. The van der Waals surface area contributed by atoms with E-state index in [0.717, 1.165) is 17.4 Å². The summed E-state index contributed by atoms with van der Waals surface area (Å²) in [4.78, 5) is 12.9. The lowest BCUT2D eigenvalue weighted by Gasteiger charge is -2.30. The highest BCUT2D eigenvalue weighted by molar-refractivity contribution is 6.30. The van der Waals surface area contributed by atoms with Crippen LogP contribution in [0.5, 0.6) is 0 Å². The molecular formula is C20H28ClNO. The zero-order chi connectivity index (χ0) is 16.6. The Kier molecular flexibility index (Phi) is 5.01.